The standard InChI is InChI=1S/C14H11ClINO2/c15-10-4-3-5-11(8-10)17-14(18)9-19-13-7-2-1-6-12(13)16/h1-8H,9H2,(H,17,18). The van der Waals surface area contributed by atoms with Crippen LogP contribution >= 0.6 is 34.2 Å². The number of anilines is 1. The zero-order chi connectivity index (χ0) is 13.7. The molecule has 19 heavy (non-hydrogen) atoms. The molecule has 0 spiro atoms. The molecule has 98 valence electrons. The Morgan fingerprint density at radius 3 is 2.74 bits per heavy atom. The minimum atomic E-state index is -0.220. The van der Waals surface area contributed by atoms with Crippen LogP contribution in [0.4, 0.5) is 5.69 Å². The van der Waals surface area contributed by atoms with Crippen LogP contribution in [0.5, 0.6) is 5.75 Å². The lowest BCUT2D eigenvalue weighted by molar-refractivity contribution is -0.118. The van der Waals surface area contributed by atoms with Gasteiger partial charge in [0.1, 0.15) is 5.75 Å². The molecule has 1 amide bonds. The Morgan fingerprint density at radius 1 is 1.21 bits per heavy atom. The third kappa shape index (κ3) is 4.40. The lowest BCUT2D eigenvalue weighted by Gasteiger charge is -2.08. The maximum absolute atomic E-state index is 11.7. The normalized spacial score (nSPS) is 10.0. The molecule has 0 unspecified atom stereocenters. The van der Waals surface area contributed by atoms with Crippen molar-refractivity contribution in [3.63, 3.8) is 0 Å². The Bertz CT molecular complexity index is 589. The van der Waals surface area contributed by atoms with Crippen LogP contribution in [0, 0.1) is 3.57 Å². The molecule has 0 bridgehead atoms. The van der Waals surface area contributed by atoms with Crippen molar-refractivity contribution in [3.8, 4) is 5.75 Å². The van der Waals surface area contributed by atoms with Crippen LogP contribution in [0.15, 0.2) is 48.5 Å². The fraction of sp³-hybridized carbons (Fsp3) is 0.0714. The van der Waals surface area contributed by atoms with Crippen molar-refractivity contribution in [1.82, 2.24) is 0 Å². The van der Waals surface area contributed by atoms with E-state index >= 15 is 0 Å². The summed E-state index contributed by atoms with van der Waals surface area (Å²) in [5, 5.41) is 3.30. The number of amides is 1. The topological polar surface area (TPSA) is 38.3 Å². The number of hydrogen-bond acceptors (Lipinski definition) is 2. The van der Waals surface area contributed by atoms with Crippen LogP contribution < -0.4 is 10.1 Å². The highest BCUT2D eigenvalue weighted by molar-refractivity contribution is 14.1. The van der Waals surface area contributed by atoms with E-state index in [2.05, 4.69) is 27.9 Å². The van der Waals surface area contributed by atoms with Crippen LogP contribution in [-0.4, -0.2) is 12.5 Å². The number of benzene rings is 2. The Hall–Kier alpha value is -1.27. The summed E-state index contributed by atoms with van der Waals surface area (Å²) in [6.07, 6.45) is 0. The van der Waals surface area contributed by atoms with Crippen LogP contribution in [0.25, 0.3) is 0 Å². The van der Waals surface area contributed by atoms with E-state index in [0.717, 1.165) is 3.57 Å². The van der Waals surface area contributed by atoms with Gasteiger partial charge >= 0.3 is 0 Å². The number of ether oxygens (including phenoxy) is 1. The Kier molecular flexibility index (Phi) is 5.04. The summed E-state index contributed by atoms with van der Waals surface area (Å²) in [5.74, 6) is 0.478. The highest BCUT2D eigenvalue weighted by atomic mass is 127. The zero-order valence-electron chi connectivity index (χ0n) is 9.90. The quantitative estimate of drug-likeness (QED) is 0.807. The summed E-state index contributed by atoms with van der Waals surface area (Å²) in [6.45, 7) is -0.0352. The zero-order valence-corrected chi connectivity index (χ0v) is 12.8. The van der Waals surface area contributed by atoms with Gasteiger partial charge in [-0.2, -0.15) is 0 Å². The van der Waals surface area contributed by atoms with Crippen molar-refractivity contribution in [1.29, 1.82) is 0 Å². The van der Waals surface area contributed by atoms with E-state index in [1.54, 1.807) is 24.3 Å². The largest absolute Gasteiger partial charge is 0.483 e. The Morgan fingerprint density at radius 2 is 2.00 bits per heavy atom. The van der Waals surface area contributed by atoms with Gasteiger partial charge < -0.3 is 10.1 Å². The van der Waals surface area contributed by atoms with Crippen LogP contribution in [0.1, 0.15) is 0 Å². The number of carbonyl (C=O) groups is 1. The molecule has 0 aliphatic rings. The predicted octanol–water partition coefficient (Wildman–Crippen LogP) is 3.96. The van der Waals surface area contributed by atoms with Crippen molar-refractivity contribution >= 4 is 45.8 Å². The van der Waals surface area contributed by atoms with Crippen molar-refractivity contribution in [3.05, 3.63) is 57.1 Å². The van der Waals surface area contributed by atoms with E-state index in [1.807, 2.05) is 24.3 Å². The van der Waals surface area contributed by atoms with E-state index in [-0.39, 0.29) is 12.5 Å². The number of hydrogen-bond donors (Lipinski definition) is 1. The number of para-hydroxylation sites is 1. The second kappa shape index (κ2) is 6.77. The molecular formula is C14H11ClINO2. The monoisotopic (exact) mass is 387 g/mol. The first-order valence-corrected chi connectivity index (χ1v) is 7.03. The molecule has 0 saturated carbocycles. The average molecular weight is 388 g/mol. The van der Waals surface area contributed by atoms with Gasteiger partial charge in [0.15, 0.2) is 6.61 Å². The minimum absolute atomic E-state index is 0.0352. The van der Waals surface area contributed by atoms with Gasteiger partial charge in [-0.25, -0.2) is 0 Å². The first-order valence-electron chi connectivity index (χ1n) is 5.58. The van der Waals surface area contributed by atoms with E-state index in [0.29, 0.717) is 16.5 Å². The fourth-order valence-electron chi connectivity index (χ4n) is 1.47. The van der Waals surface area contributed by atoms with E-state index in [1.165, 1.54) is 0 Å². The molecule has 3 nitrogen and oxygen atoms in total. The molecule has 0 fully saturated rings. The number of nitrogens with one attached hydrogen (secondary N) is 1. The van der Waals surface area contributed by atoms with Crippen LogP contribution in [-0.2, 0) is 4.79 Å². The summed E-state index contributed by atoms with van der Waals surface area (Å²) in [7, 11) is 0. The van der Waals surface area contributed by atoms with Gasteiger partial charge in [-0.15, -0.1) is 0 Å². The van der Waals surface area contributed by atoms with Crippen molar-refractivity contribution in [2.24, 2.45) is 0 Å². The molecule has 1 N–H and O–H groups in total. The van der Waals surface area contributed by atoms with E-state index < -0.39 is 0 Å². The second-order valence-electron chi connectivity index (χ2n) is 3.78. The first-order chi connectivity index (χ1) is 9.15. The lowest BCUT2D eigenvalue weighted by Crippen LogP contribution is -2.20. The van der Waals surface area contributed by atoms with Crippen molar-refractivity contribution < 1.29 is 9.53 Å². The SMILES string of the molecule is O=C(COc1ccccc1I)Nc1cccc(Cl)c1. The van der Waals surface area contributed by atoms with Gasteiger partial charge in [0.2, 0.25) is 0 Å². The molecule has 0 aromatic heterocycles. The number of halogens is 2. The molecule has 0 saturated heterocycles. The summed E-state index contributed by atoms with van der Waals surface area (Å²) in [6, 6.07) is 14.5. The third-order valence-electron chi connectivity index (χ3n) is 2.30. The predicted molar refractivity (Wildman–Crippen MR) is 84.7 cm³/mol. The maximum Gasteiger partial charge on any atom is 0.262 e. The van der Waals surface area contributed by atoms with Gasteiger partial charge in [0, 0.05) is 10.7 Å². The summed E-state index contributed by atoms with van der Waals surface area (Å²) < 4.78 is 6.42. The average Bonchev–Trinajstić information content (AvgIpc) is 2.38. The molecule has 0 atom stereocenters. The van der Waals surface area contributed by atoms with Crippen LogP contribution in [0.3, 0.4) is 0 Å². The Labute approximate surface area is 130 Å². The summed E-state index contributed by atoms with van der Waals surface area (Å²) >= 11 is 8.00. The van der Waals surface area contributed by atoms with E-state index in [9.17, 15) is 4.79 Å². The molecule has 0 radical (unpaired) electrons. The van der Waals surface area contributed by atoms with Crippen LogP contribution in [0.2, 0.25) is 5.02 Å². The number of rotatable bonds is 4. The Balaban J connectivity index is 1.90. The highest BCUT2D eigenvalue weighted by Crippen LogP contribution is 2.19. The molecule has 5 heteroatoms. The second-order valence-corrected chi connectivity index (χ2v) is 5.38. The third-order valence-corrected chi connectivity index (χ3v) is 3.43. The van der Waals surface area contributed by atoms with Crippen molar-refractivity contribution in [2.45, 2.75) is 0 Å². The van der Waals surface area contributed by atoms with Gasteiger partial charge in [0.05, 0.1) is 3.57 Å². The highest BCUT2D eigenvalue weighted by Gasteiger charge is 2.05. The van der Waals surface area contributed by atoms with E-state index in [4.69, 9.17) is 16.3 Å². The molecule has 2 aromatic rings. The van der Waals surface area contributed by atoms with Gasteiger partial charge in [-0.1, -0.05) is 29.8 Å². The molecule has 0 heterocycles. The van der Waals surface area contributed by atoms with Crippen molar-refractivity contribution in [2.75, 3.05) is 11.9 Å². The summed E-state index contributed by atoms with van der Waals surface area (Å²) in [5.41, 5.74) is 0.656. The number of carbonyl (C=O) groups excluding carboxylic acids is 1. The molecule has 2 aromatic carbocycles. The lowest BCUT2D eigenvalue weighted by atomic mass is 10.3. The smallest absolute Gasteiger partial charge is 0.262 e. The van der Waals surface area contributed by atoms with Gasteiger partial charge in [-0.05, 0) is 52.9 Å². The molecule has 0 aliphatic carbocycles. The molecular weight excluding hydrogens is 377 g/mol. The van der Waals surface area contributed by atoms with Gasteiger partial charge in [-0.3, -0.25) is 4.79 Å². The molecule has 0 aliphatic heterocycles. The fourth-order valence-corrected chi connectivity index (χ4v) is 2.20. The first kappa shape index (κ1) is 14.1. The summed E-state index contributed by atoms with van der Waals surface area (Å²) in [4.78, 5) is 11.7. The molecule has 2 rings (SSSR count). The maximum atomic E-state index is 11.7. The van der Waals surface area contributed by atoms with Gasteiger partial charge in [0.25, 0.3) is 5.91 Å². The minimum Gasteiger partial charge on any atom is -0.483 e.